The molecule has 1 unspecified atom stereocenters. The molecule has 1 amide bonds. The zero-order valence-electron chi connectivity index (χ0n) is 13.8. The molecular formula is C17H23N3O2S. The molecule has 2 aromatic rings. The summed E-state index contributed by atoms with van der Waals surface area (Å²) in [4.78, 5) is 16.5. The molecule has 0 saturated heterocycles. The first-order valence-corrected chi connectivity index (χ1v) is 8.53. The fourth-order valence-corrected chi connectivity index (χ4v) is 3.04. The van der Waals surface area contributed by atoms with Crippen molar-refractivity contribution in [2.45, 2.75) is 30.7 Å². The fourth-order valence-electron chi connectivity index (χ4n) is 2.13. The number of hydrogen-bond acceptors (Lipinski definition) is 4. The van der Waals surface area contributed by atoms with Crippen LogP contribution in [0.5, 0.6) is 0 Å². The molecule has 1 N–H and O–H groups in total. The van der Waals surface area contributed by atoms with Gasteiger partial charge in [-0.05, 0) is 38.0 Å². The van der Waals surface area contributed by atoms with Crippen molar-refractivity contribution < 1.29 is 9.53 Å². The highest BCUT2D eigenvalue weighted by Gasteiger charge is 2.17. The van der Waals surface area contributed by atoms with E-state index in [2.05, 4.69) is 29.4 Å². The molecule has 0 spiro atoms. The number of aryl methyl sites for hydroxylation is 1. The lowest BCUT2D eigenvalue weighted by Gasteiger charge is -2.13. The highest BCUT2D eigenvalue weighted by atomic mass is 32.2. The predicted molar refractivity (Wildman–Crippen MR) is 93.1 cm³/mol. The van der Waals surface area contributed by atoms with Crippen LogP contribution in [0.3, 0.4) is 0 Å². The van der Waals surface area contributed by atoms with Gasteiger partial charge < -0.3 is 10.1 Å². The number of hydrogen-bond donors (Lipinski definition) is 1. The summed E-state index contributed by atoms with van der Waals surface area (Å²) in [6.45, 7) is 5.23. The Hall–Kier alpha value is -1.79. The van der Waals surface area contributed by atoms with Crippen LogP contribution in [-0.2, 0) is 9.53 Å². The Kier molecular flexibility index (Phi) is 6.67. The van der Waals surface area contributed by atoms with Gasteiger partial charge in [-0.25, -0.2) is 4.98 Å². The van der Waals surface area contributed by atoms with Crippen LogP contribution in [0.2, 0.25) is 0 Å². The molecule has 0 radical (unpaired) electrons. The number of carbonyl (C=O) groups is 1. The van der Waals surface area contributed by atoms with Crippen molar-refractivity contribution in [2.24, 2.45) is 0 Å². The molecule has 1 aromatic heterocycles. The summed E-state index contributed by atoms with van der Waals surface area (Å²) in [6.07, 6.45) is 4.49. The number of methoxy groups -OCH3 is 1. The summed E-state index contributed by atoms with van der Waals surface area (Å²) in [6, 6.07) is 8.21. The highest BCUT2D eigenvalue weighted by Crippen LogP contribution is 2.24. The molecule has 0 bridgehead atoms. The normalized spacial score (nSPS) is 12.1. The first-order valence-electron chi connectivity index (χ1n) is 7.65. The van der Waals surface area contributed by atoms with E-state index in [0.717, 1.165) is 17.3 Å². The van der Waals surface area contributed by atoms with Gasteiger partial charge in [0, 0.05) is 38.3 Å². The summed E-state index contributed by atoms with van der Waals surface area (Å²) in [7, 11) is 1.66. The Morgan fingerprint density at radius 3 is 3.04 bits per heavy atom. The first-order chi connectivity index (χ1) is 11.1. The average Bonchev–Trinajstić information content (AvgIpc) is 2.99. The van der Waals surface area contributed by atoms with E-state index in [1.807, 2.05) is 29.8 Å². The minimum absolute atomic E-state index is 0.0184. The molecule has 0 fully saturated rings. The third-order valence-corrected chi connectivity index (χ3v) is 4.44. The third kappa shape index (κ3) is 5.11. The summed E-state index contributed by atoms with van der Waals surface area (Å²) in [5.41, 5.74) is 2.24. The second kappa shape index (κ2) is 8.74. The number of ether oxygens (including phenoxy) is 1. The van der Waals surface area contributed by atoms with E-state index >= 15 is 0 Å². The Bertz CT molecular complexity index is 642. The molecule has 1 aromatic carbocycles. The van der Waals surface area contributed by atoms with Crippen LogP contribution in [0.4, 0.5) is 0 Å². The van der Waals surface area contributed by atoms with Gasteiger partial charge in [0.05, 0.1) is 5.25 Å². The number of amides is 1. The number of benzene rings is 1. The number of imidazole rings is 1. The second-order valence-electron chi connectivity index (χ2n) is 5.32. The van der Waals surface area contributed by atoms with Crippen LogP contribution >= 0.6 is 11.8 Å². The molecule has 124 valence electrons. The number of carbonyl (C=O) groups excluding carboxylic acids is 1. The van der Waals surface area contributed by atoms with Crippen molar-refractivity contribution in [2.75, 3.05) is 20.3 Å². The monoisotopic (exact) mass is 333 g/mol. The van der Waals surface area contributed by atoms with Crippen LogP contribution in [0.25, 0.3) is 5.69 Å². The van der Waals surface area contributed by atoms with Gasteiger partial charge in [0.15, 0.2) is 5.16 Å². The van der Waals surface area contributed by atoms with E-state index in [1.54, 1.807) is 13.3 Å². The van der Waals surface area contributed by atoms with Crippen molar-refractivity contribution in [1.29, 1.82) is 0 Å². The summed E-state index contributed by atoms with van der Waals surface area (Å²) >= 11 is 1.46. The number of aromatic nitrogens is 2. The fraction of sp³-hybridized carbons (Fsp3) is 0.412. The Morgan fingerprint density at radius 1 is 1.48 bits per heavy atom. The van der Waals surface area contributed by atoms with Gasteiger partial charge in [0.1, 0.15) is 0 Å². The Morgan fingerprint density at radius 2 is 2.30 bits per heavy atom. The minimum atomic E-state index is -0.205. The highest BCUT2D eigenvalue weighted by molar-refractivity contribution is 8.00. The quantitative estimate of drug-likeness (QED) is 0.596. The van der Waals surface area contributed by atoms with Crippen LogP contribution in [0.1, 0.15) is 18.9 Å². The predicted octanol–water partition coefficient (Wildman–Crippen LogP) is 2.81. The van der Waals surface area contributed by atoms with E-state index in [-0.39, 0.29) is 11.2 Å². The summed E-state index contributed by atoms with van der Waals surface area (Å²) in [5, 5.41) is 3.53. The maximum Gasteiger partial charge on any atom is 0.233 e. The van der Waals surface area contributed by atoms with Gasteiger partial charge in [-0.3, -0.25) is 9.36 Å². The smallest absolute Gasteiger partial charge is 0.233 e. The van der Waals surface area contributed by atoms with E-state index in [9.17, 15) is 4.79 Å². The zero-order valence-corrected chi connectivity index (χ0v) is 14.6. The van der Waals surface area contributed by atoms with Crippen molar-refractivity contribution >= 4 is 17.7 Å². The van der Waals surface area contributed by atoms with Crippen LogP contribution < -0.4 is 5.32 Å². The van der Waals surface area contributed by atoms with Crippen molar-refractivity contribution in [3.05, 3.63) is 42.2 Å². The molecule has 0 aliphatic heterocycles. The molecule has 23 heavy (non-hydrogen) atoms. The molecule has 6 heteroatoms. The molecule has 1 atom stereocenters. The Labute approximate surface area is 141 Å². The van der Waals surface area contributed by atoms with Gasteiger partial charge in [-0.2, -0.15) is 0 Å². The topological polar surface area (TPSA) is 56.1 Å². The summed E-state index contributed by atoms with van der Waals surface area (Å²) in [5.74, 6) is 0.0184. The van der Waals surface area contributed by atoms with Crippen LogP contribution in [0, 0.1) is 6.92 Å². The molecule has 0 saturated carbocycles. The lowest BCUT2D eigenvalue weighted by atomic mass is 10.2. The van der Waals surface area contributed by atoms with Gasteiger partial charge in [0.2, 0.25) is 5.91 Å². The standard InChI is InChI=1S/C17H23N3O2S/c1-13-6-4-7-15(12-13)20-10-9-19-17(20)23-14(2)16(21)18-8-5-11-22-3/h4,6-7,9-10,12,14H,5,8,11H2,1-3H3,(H,18,21). The van der Waals surface area contributed by atoms with E-state index in [0.29, 0.717) is 13.2 Å². The number of nitrogens with one attached hydrogen (secondary N) is 1. The average molecular weight is 333 g/mol. The Balaban J connectivity index is 1.98. The van der Waals surface area contributed by atoms with E-state index < -0.39 is 0 Å². The van der Waals surface area contributed by atoms with Gasteiger partial charge in [-0.15, -0.1) is 0 Å². The van der Waals surface area contributed by atoms with Gasteiger partial charge in [-0.1, -0.05) is 23.9 Å². The van der Waals surface area contributed by atoms with E-state index in [4.69, 9.17) is 4.74 Å². The van der Waals surface area contributed by atoms with Crippen LogP contribution in [0.15, 0.2) is 41.8 Å². The van der Waals surface area contributed by atoms with Crippen molar-refractivity contribution in [3.63, 3.8) is 0 Å². The largest absolute Gasteiger partial charge is 0.385 e. The SMILES string of the molecule is COCCCNC(=O)C(C)Sc1nccn1-c1cccc(C)c1. The molecule has 2 rings (SSSR count). The lowest BCUT2D eigenvalue weighted by molar-refractivity contribution is -0.120. The first kappa shape index (κ1) is 17.6. The molecular weight excluding hydrogens is 310 g/mol. The number of thioether (sulfide) groups is 1. The molecule has 1 heterocycles. The zero-order chi connectivity index (χ0) is 16.7. The van der Waals surface area contributed by atoms with Crippen LogP contribution in [-0.4, -0.2) is 41.0 Å². The maximum atomic E-state index is 12.1. The lowest BCUT2D eigenvalue weighted by Crippen LogP contribution is -2.32. The third-order valence-electron chi connectivity index (χ3n) is 3.36. The molecule has 0 aliphatic carbocycles. The van der Waals surface area contributed by atoms with Gasteiger partial charge >= 0.3 is 0 Å². The maximum absolute atomic E-state index is 12.1. The number of rotatable bonds is 8. The van der Waals surface area contributed by atoms with Crippen molar-refractivity contribution in [3.8, 4) is 5.69 Å². The minimum Gasteiger partial charge on any atom is -0.385 e. The van der Waals surface area contributed by atoms with Crippen molar-refractivity contribution in [1.82, 2.24) is 14.9 Å². The second-order valence-corrected chi connectivity index (χ2v) is 6.62. The van der Waals surface area contributed by atoms with Gasteiger partial charge in [0.25, 0.3) is 0 Å². The summed E-state index contributed by atoms with van der Waals surface area (Å²) < 4.78 is 6.98. The molecule has 0 aliphatic rings. The number of nitrogens with zero attached hydrogens (tertiary/aromatic N) is 2. The molecule has 5 nitrogen and oxygen atoms in total. The van der Waals surface area contributed by atoms with E-state index in [1.165, 1.54) is 17.3 Å².